The molecule has 0 radical (unpaired) electrons. The number of hydrazone groups is 1. The molecule has 1 heterocycles. The van der Waals surface area contributed by atoms with Crippen LogP contribution in [-0.4, -0.2) is 29.6 Å². The van der Waals surface area contributed by atoms with Gasteiger partial charge in [-0.25, -0.2) is 5.43 Å². The Morgan fingerprint density at radius 3 is 2.18 bits per heavy atom. The van der Waals surface area contributed by atoms with Crippen LogP contribution in [0.1, 0.15) is 80.8 Å². The van der Waals surface area contributed by atoms with Crippen LogP contribution in [-0.2, 0) is 13.0 Å². The molecular weight excluding hydrogens is 418 g/mol. The minimum atomic E-state index is -0.112. The summed E-state index contributed by atoms with van der Waals surface area (Å²) in [6.45, 7) is 10.2. The molecule has 34 heavy (non-hydrogen) atoms. The fourth-order valence-corrected chi connectivity index (χ4v) is 5.44. The summed E-state index contributed by atoms with van der Waals surface area (Å²) in [7, 11) is 0. The monoisotopic (exact) mass is 459 g/mol. The topological polar surface area (TPSA) is 44.7 Å². The molecule has 4 rings (SSSR count). The number of nitrogens with one attached hydrogen (secondary N) is 1. The summed E-state index contributed by atoms with van der Waals surface area (Å²) in [5.74, 6) is 1.41. The first-order valence-electron chi connectivity index (χ1n) is 13.1. The van der Waals surface area contributed by atoms with Crippen molar-refractivity contribution in [1.29, 1.82) is 0 Å². The van der Waals surface area contributed by atoms with E-state index < -0.39 is 0 Å². The van der Waals surface area contributed by atoms with E-state index in [9.17, 15) is 4.79 Å². The van der Waals surface area contributed by atoms with E-state index in [4.69, 9.17) is 0 Å². The molecule has 1 saturated carbocycles. The molecule has 4 heteroatoms. The van der Waals surface area contributed by atoms with Crippen molar-refractivity contribution < 1.29 is 4.79 Å². The molecule has 1 saturated heterocycles. The Labute approximate surface area is 205 Å². The Morgan fingerprint density at radius 2 is 1.56 bits per heavy atom. The van der Waals surface area contributed by atoms with Gasteiger partial charge in [0.2, 0.25) is 0 Å². The van der Waals surface area contributed by atoms with Crippen molar-refractivity contribution in [2.24, 2.45) is 22.4 Å². The van der Waals surface area contributed by atoms with Gasteiger partial charge in [-0.3, -0.25) is 9.69 Å². The molecule has 0 unspecified atom stereocenters. The molecule has 2 fully saturated rings. The molecule has 0 bridgehead atoms. The van der Waals surface area contributed by atoms with Gasteiger partial charge in [0.05, 0.1) is 0 Å². The second kappa shape index (κ2) is 11.3. The first kappa shape index (κ1) is 24.7. The van der Waals surface area contributed by atoms with E-state index in [0.29, 0.717) is 11.0 Å². The van der Waals surface area contributed by atoms with Crippen LogP contribution in [0.15, 0.2) is 59.7 Å². The van der Waals surface area contributed by atoms with Gasteiger partial charge in [0.1, 0.15) is 0 Å². The summed E-state index contributed by atoms with van der Waals surface area (Å²) in [5, 5.41) is 4.44. The zero-order chi connectivity index (χ0) is 24.0. The van der Waals surface area contributed by atoms with E-state index >= 15 is 0 Å². The Bertz CT molecular complexity index is 941. The van der Waals surface area contributed by atoms with Crippen LogP contribution >= 0.6 is 0 Å². The minimum absolute atomic E-state index is 0.112. The van der Waals surface area contributed by atoms with Gasteiger partial charge in [0, 0.05) is 17.8 Å². The summed E-state index contributed by atoms with van der Waals surface area (Å²) >= 11 is 0. The molecule has 1 N–H and O–H groups in total. The van der Waals surface area contributed by atoms with Gasteiger partial charge in [0.25, 0.3) is 5.91 Å². The highest BCUT2D eigenvalue weighted by molar-refractivity contribution is 5.95. The molecule has 1 amide bonds. The lowest BCUT2D eigenvalue weighted by Gasteiger charge is -2.34. The molecule has 0 atom stereocenters. The van der Waals surface area contributed by atoms with Gasteiger partial charge in [-0.15, -0.1) is 0 Å². The minimum Gasteiger partial charge on any atom is -0.299 e. The highest BCUT2D eigenvalue weighted by Crippen LogP contribution is 2.36. The number of piperidine rings is 1. The molecule has 2 aromatic rings. The zero-order valence-corrected chi connectivity index (χ0v) is 21.2. The van der Waals surface area contributed by atoms with Crippen molar-refractivity contribution >= 4 is 11.6 Å². The number of nitrogens with zero attached hydrogens (tertiary/aromatic N) is 2. The summed E-state index contributed by atoms with van der Waals surface area (Å²) in [4.78, 5) is 15.1. The highest BCUT2D eigenvalue weighted by Gasteiger charge is 2.28. The average Bonchev–Trinajstić information content (AvgIpc) is 2.84. The highest BCUT2D eigenvalue weighted by atomic mass is 16.2. The molecule has 2 aliphatic rings. The standard InChI is InChI=1S/C30H41N3O/c1-30(2,3)27-13-15-28(16-14-27)31-32-29(34)26-11-9-25(10-12-26)22-33-19-17-24(18-20-33)21-23-7-5-4-6-8-23/h4-12,24,27H,13-22H2,1-3H3,(H,32,34). The van der Waals surface area contributed by atoms with Gasteiger partial charge in [0.15, 0.2) is 0 Å². The maximum atomic E-state index is 12.6. The Hall–Kier alpha value is -2.46. The normalized spacial score (nSPS) is 20.2. The van der Waals surface area contributed by atoms with Crippen LogP contribution in [0.3, 0.4) is 0 Å². The zero-order valence-electron chi connectivity index (χ0n) is 21.2. The van der Waals surface area contributed by atoms with Gasteiger partial charge in [-0.2, -0.15) is 5.10 Å². The predicted molar refractivity (Wildman–Crippen MR) is 141 cm³/mol. The van der Waals surface area contributed by atoms with E-state index in [1.165, 1.54) is 30.4 Å². The number of rotatable bonds is 6. The molecule has 0 spiro atoms. The number of hydrogen-bond donors (Lipinski definition) is 1. The number of likely N-dealkylation sites (tertiary alicyclic amines) is 1. The van der Waals surface area contributed by atoms with Gasteiger partial charge < -0.3 is 0 Å². The maximum Gasteiger partial charge on any atom is 0.271 e. The van der Waals surface area contributed by atoms with Crippen LogP contribution in [0.5, 0.6) is 0 Å². The fourth-order valence-electron chi connectivity index (χ4n) is 5.44. The molecule has 1 aliphatic heterocycles. The van der Waals surface area contributed by atoms with Crippen LogP contribution < -0.4 is 5.43 Å². The lowest BCUT2D eigenvalue weighted by atomic mass is 9.72. The summed E-state index contributed by atoms with van der Waals surface area (Å²) in [5.41, 5.74) is 7.67. The van der Waals surface area contributed by atoms with E-state index in [0.717, 1.165) is 62.9 Å². The van der Waals surface area contributed by atoms with Crippen LogP contribution in [0.2, 0.25) is 0 Å². The number of carbonyl (C=O) groups excluding carboxylic acids is 1. The van der Waals surface area contributed by atoms with Gasteiger partial charge in [-0.1, -0.05) is 63.2 Å². The van der Waals surface area contributed by atoms with E-state index in [2.05, 4.69) is 78.7 Å². The van der Waals surface area contributed by atoms with Gasteiger partial charge >= 0.3 is 0 Å². The molecular formula is C30H41N3O. The number of benzene rings is 2. The van der Waals surface area contributed by atoms with Crippen LogP contribution in [0.25, 0.3) is 0 Å². The van der Waals surface area contributed by atoms with Crippen molar-refractivity contribution in [2.75, 3.05) is 13.1 Å². The smallest absolute Gasteiger partial charge is 0.271 e. The number of hydrogen-bond acceptors (Lipinski definition) is 3. The molecule has 2 aromatic carbocycles. The second-order valence-electron chi connectivity index (χ2n) is 11.4. The summed E-state index contributed by atoms with van der Waals surface area (Å²) < 4.78 is 0. The Kier molecular flexibility index (Phi) is 8.20. The van der Waals surface area contributed by atoms with Crippen molar-refractivity contribution in [1.82, 2.24) is 10.3 Å². The largest absolute Gasteiger partial charge is 0.299 e. The van der Waals surface area contributed by atoms with E-state index in [1.807, 2.05) is 12.1 Å². The first-order chi connectivity index (χ1) is 16.4. The number of amides is 1. The average molecular weight is 460 g/mol. The quantitative estimate of drug-likeness (QED) is 0.504. The SMILES string of the molecule is CC(C)(C)C1CCC(=NNC(=O)c2ccc(CN3CCC(Cc4ccccc4)CC3)cc2)CC1. The first-order valence-corrected chi connectivity index (χ1v) is 13.1. The molecule has 1 aliphatic carbocycles. The van der Waals surface area contributed by atoms with Crippen molar-refractivity contribution in [3.8, 4) is 0 Å². The van der Waals surface area contributed by atoms with Crippen LogP contribution in [0.4, 0.5) is 0 Å². The van der Waals surface area contributed by atoms with Gasteiger partial charge in [-0.05, 0) is 98.5 Å². The summed E-state index contributed by atoms with van der Waals surface area (Å²) in [6, 6.07) is 18.9. The van der Waals surface area contributed by atoms with Crippen molar-refractivity contribution in [3.05, 3.63) is 71.3 Å². The predicted octanol–water partition coefficient (Wildman–Crippen LogP) is 6.46. The fraction of sp³-hybridized carbons (Fsp3) is 0.533. The lowest BCUT2D eigenvalue weighted by molar-refractivity contribution is 0.0954. The van der Waals surface area contributed by atoms with E-state index in [-0.39, 0.29) is 5.91 Å². The Morgan fingerprint density at radius 1 is 0.912 bits per heavy atom. The van der Waals surface area contributed by atoms with Crippen molar-refractivity contribution in [3.63, 3.8) is 0 Å². The third-order valence-corrected chi connectivity index (χ3v) is 7.80. The molecule has 4 nitrogen and oxygen atoms in total. The third kappa shape index (κ3) is 7.02. The molecule has 0 aromatic heterocycles. The van der Waals surface area contributed by atoms with E-state index in [1.54, 1.807) is 0 Å². The maximum absolute atomic E-state index is 12.6. The summed E-state index contributed by atoms with van der Waals surface area (Å²) in [6.07, 6.45) is 8.01. The number of carbonyl (C=O) groups is 1. The lowest BCUT2D eigenvalue weighted by Crippen LogP contribution is -2.33. The van der Waals surface area contributed by atoms with Crippen molar-refractivity contribution in [2.45, 2.75) is 72.3 Å². The molecule has 182 valence electrons. The Balaban J connectivity index is 1.20. The third-order valence-electron chi connectivity index (χ3n) is 7.80. The van der Waals surface area contributed by atoms with Crippen LogP contribution in [0, 0.1) is 17.3 Å². The second-order valence-corrected chi connectivity index (χ2v) is 11.4.